The van der Waals surface area contributed by atoms with Crippen molar-refractivity contribution in [1.29, 1.82) is 0 Å². The largest absolute Gasteiger partial charge is 0.348 e. The number of rotatable bonds is 3. The van der Waals surface area contributed by atoms with Gasteiger partial charge in [0.05, 0.1) is 12.1 Å². The molecule has 0 bridgehead atoms. The highest BCUT2D eigenvalue weighted by Crippen LogP contribution is 2.18. The number of benzene rings is 1. The maximum Gasteiger partial charge on any atom is 0.237 e. The van der Waals surface area contributed by atoms with Gasteiger partial charge in [-0.3, -0.25) is 4.79 Å². The maximum absolute atomic E-state index is 11.9. The van der Waals surface area contributed by atoms with Gasteiger partial charge in [0.25, 0.3) is 0 Å². The van der Waals surface area contributed by atoms with Gasteiger partial charge >= 0.3 is 0 Å². The molecule has 1 amide bonds. The molecule has 2 rings (SSSR count). The Bertz CT molecular complexity index is 408. The van der Waals surface area contributed by atoms with E-state index in [1.54, 1.807) is 0 Å². The zero-order valence-corrected chi connectivity index (χ0v) is 12.7. The lowest BCUT2D eigenvalue weighted by Gasteiger charge is -2.17. The number of hydrogen-bond acceptors (Lipinski definition) is 2. The van der Waals surface area contributed by atoms with E-state index in [1.807, 2.05) is 31.2 Å². The predicted molar refractivity (Wildman–Crippen MR) is 79.0 cm³/mol. The fourth-order valence-corrected chi connectivity index (χ4v) is 2.50. The first-order chi connectivity index (χ1) is 8.16. The molecule has 3 nitrogen and oxygen atoms in total. The third-order valence-electron chi connectivity index (χ3n) is 3.08. The molecule has 1 saturated heterocycles. The van der Waals surface area contributed by atoms with Gasteiger partial charge in [-0.25, -0.2) is 0 Å². The minimum absolute atomic E-state index is 0. The van der Waals surface area contributed by atoms with Gasteiger partial charge in [0.1, 0.15) is 0 Å². The van der Waals surface area contributed by atoms with E-state index in [1.165, 1.54) is 0 Å². The molecule has 1 aromatic carbocycles. The summed E-state index contributed by atoms with van der Waals surface area (Å²) in [5, 5.41) is 6.25. The number of carbonyl (C=O) groups excluding carboxylic acids is 1. The highest BCUT2D eigenvalue weighted by atomic mass is 79.9. The summed E-state index contributed by atoms with van der Waals surface area (Å²) in [6, 6.07) is 8.06. The monoisotopic (exact) mass is 332 g/mol. The van der Waals surface area contributed by atoms with Crippen LogP contribution in [-0.2, 0) is 4.79 Å². The summed E-state index contributed by atoms with van der Waals surface area (Å²) in [5.74, 6) is 0.106. The second kappa shape index (κ2) is 7.12. The van der Waals surface area contributed by atoms with E-state index in [0.717, 1.165) is 29.4 Å². The van der Waals surface area contributed by atoms with Gasteiger partial charge in [-0.1, -0.05) is 28.1 Å². The topological polar surface area (TPSA) is 41.1 Å². The maximum atomic E-state index is 11.9. The lowest BCUT2D eigenvalue weighted by Crippen LogP contribution is -2.41. The van der Waals surface area contributed by atoms with Crippen LogP contribution in [0.2, 0.25) is 0 Å². The van der Waals surface area contributed by atoms with E-state index in [4.69, 9.17) is 0 Å². The number of hydrogen-bond donors (Lipinski definition) is 2. The van der Waals surface area contributed by atoms with Gasteiger partial charge < -0.3 is 10.6 Å². The van der Waals surface area contributed by atoms with E-state index in [0.29, 0.717) is 0 Å². The molecule has 0 aliphatic carbocycles. The average Bonchev–Trinajstić information content (AvgIpc) is 2.82. The first-order valence-electron chi connectivity index (χ1n) is 5.96. The van der Waals surface area contributed by atoms with Gasteiger partial charge in [0.15, 0.2) is 0 Å². The SMILES string of the molecule is CC(NC(=O)[C@@H]1CCCN1)c1cccc(Br)c1.Cl. The summed E-state index contributed by atoms with van der Waals surface area (Å²) >= 11 is 3.44. The molecule has 1 fully saturated rings. The van der Waals surface area contributed by atoms with E-state index in [-0.39, 0.29) is 30.4 Å². The fraction of sp³-hybridized carbons (Fsp3) is 0.462. The molecule has 18 heavy (non-hydrogen) atoms. The molecule has 1 aliphatic heterocycles. The molecule has 1 aliphatic rings. The number of amides is 1. The zero-order chi connectivity index (χ0) is 12.3. The van der Waals surface area contributed by atoms with Crippen LogP contribution in [0.25, 0.3) is 0 Å². The van der Waals surface area contributed by atoms with Crippen LogP contribution in [0.15, 0.2) is 28.7 Å². The van der Waals surface area contributed by atoms with Crippen LogP contribution in [0.3, 0.4) is 0 Å². The van der Waals surface area contributed by atoms with Gasteiger partial charge in [-0.05, 0) is 44.0 Å². The number of halogens is 2. The highest BCUT2D eigenvalue weighted by Gasteiger charge is 2.23. The first-order valence-corrected chi connectivity index (χ1v) is 6.75. The molecular formula is C13H18BrClN2O. The third kappa shape index (κ3) is 3.97. The molecule has 0 aromatic heterocycles. The lowest BCUT2D eigenvalue weighted by atomic mass is 10.1. The summed E-state index contributed by atoms with van der Waals surface area (Å²) in [7, 11) is 0. The van der Waals surface area contributed by atoms with Crippen molar-refractivity contribution in [1.82, 2.24) is 10.6 Å². The number of carbonyl (C=O) groups is 1. The van der Waals surface area contributed by atoms with Gasteiger partial charge in [-0.2, -0.15) is 0 Å². The van der Waals surface area contributed by atoms with Crippen LogP contribution in [0.5, 0.6) is 0 Å². The molecule has 0 radical (unpaired) electrons. The Morgan fingerprint density at radius 2 is 2.33 bits per heavy atom. The lowest BCUT2D eigenvalue weighted by molar-refractivity contribution is -0.123. The second-order valence-electron chi connectivity index (χ2n) is 4.43. The van der Waals surface area contributed by atoms with E-state index in [2.05, 4.69) is 26.6 Å². The van der Waals surface area contributed by atoms with E-state index in [9.17, 15) is 4.79 Å². The quantitative estimate of drug-likeness (QED) is 0.893. The van der Waals surface area contributed by atoms with E-state index >= 15 is 0 Å². The Hall–Kier alpha value is -0.580. The fourth-order valence-electron chi connectivity index (χ4n) is 2.08. The van der Waals surface area contributed by atoms with Crippen LogP contribution in [0.4, 0.5) is 0 Å². The Balaban J connectivity index is 0.00000162. The van der Waals surface area contributed by atoms with E-state index < -0.39 is 0 Å². The highest BCUT2D eigenvalue weighted by molar-refractivity contribution is 9.10. The Morgan fingerprint density at radius 3 is 2.94 bits per heavy atom. The molecule has 0 spiro atoms. The molecule has 100 valence electrons. The molecule has 1 heterocycles. The molecular weight excluding hydrogens is 316 g/mol. The van der Waals surface area contributed by atoms with Crippen LogP contribution in [0.1, 0.15) is 31.4 Å². The van der Waals surface area contributed by atoms with Crippen molar-refractivity contribution in [3.8, 4) is 0 Å². The van der Waals surface area contributed by atoms with Crippen molar-refractivity contribution in [3.05, 3.63) is 34.3 Å². The van der Waals surface area contributed by atoms with Crippen molar-refractivity contribution in [2.75, 3.05) is 6.54 Å². The minimum Gasteiger partial charge on any atom is -0.348 e. The van der Waals surface area contributed by atoms with Crippen LogP contribution in [-0.4, -0.2) is 18.5 Å². The normalized spacial score (nSPS) is 20.0. The summed E-state index contributed by atoms with van der Waals surface area (Å²) < 4.78 is 1.04. The average molecular weight is 334 g/mol. The standard InChI is InChI=1S/C13H17BrN2O.ClH/c1-9(10-4-2-5-11(14)8-10)16-13(17)12-6-3-7-15-12;/h2,4-5,8-9,12,15H,3,6-7H2,1H3,(H,16,17);1H/t9?,12-;/m0./s1. The molecule has 2 atom stereocenters. The first kappa shape index (κ1) is 15.5. The summed E-state index contributed by atoms with van der Waals surface area (Å²) in [6.07, 6.45) is 2.03. The Kier molecular flexibility index (Phi) is 6.12. The van der Waals surface area contributed by atoms with Crippen molar-refractivity contribution in [2.45, 2.75) is 31.8 Å². The molecule has 1 aromatic rings. The van der Waals surface area contributed by atoms with Crippen LogP contribution >= 0.6 is 28.3 Å². The molecule has 2 N–H and O–H groups in total. The minimum atomic E-state index is -0.00963. The van der Waals surface area contributed by atoms with Crippen molar-refractivity contribution < 1.29 is 4.79 Å². The molecule has 1 unspecified atom stereocenters. The summed E-state index contributed by atoms with van der Waals surface area (Å²) in [4.78, 5) is 11.9. The second-order valence-corrected chi connectivity index (χ2v) is 5.35. The smallest absolute Gasteiger partial charge is 0.237 e. The Morgan fingerprint density at radius 1 is 1.56 bits per heavy atom. The van der Waals surface area contributed by atoms with Crippen molar-refractivity contribution in [2.24, 2.45) is 0 Å². The third-order valence-corrected chi connectivity index (χ3v) is 3.58. The van der Waals surface area contributed by atoms with Gasteiger partial charge in [0, 0.05) is 4.47 Å². The predicted octanol–water partition coefficient (Wildman–Crippen LogP) is 2.80. The number of nitrogens with one attached hydrogen (secondary N) is 2. The van der Waals surface area contributed by atoms with Crippen molar-refractivity contribution in [3.63, 3.8) is 0 Å². The molecule has 0 saturated carbocycles. The summed E-state index contributed by atoms with van der Waals surface area (Å²) in [5.41, 5.74) is 1.12. The zero-order valence-electron chi connectivity index (χ0n) is 10.3. The Labute approximate surface area is 122 Å². The van der Waals surface area contributed by atoms with Gasteiger partial charge in [0.2, 0.25) is 5.91 Å². The summed E-state index contributed by atoms with van der Waals surface area (Å²) in [6.45, 7) is 2.96. The molecule has 5 heteroatoms. The van der Waals surface area contributed by atoms with Crippen molar-refractivity contribution >= 4 is 34.2 Å². The van der Waals surface area contributed by atoms with Crippen LogP contribution in [0, 0.1) is 0 Å². The van der Waals surface area contributed by atoms with Gasteiger partial charge in [-0.15, -0.1) is 12.4 Å². The van der Waals surface area contributed by atoms with Crippen LogP contribution < -0.4 is 10.6 Å².